The lowest BCUT2D eigenvalue weighted by Gasteiger charge is -2.26. The van der Waals surface area contributed by atoms with Gasteiger partial charge in [-0.3, -0.25) is 14.7 Å². The van der Waals surface area contributed by atoms with Crippen LogP contribution in [0.1, 0.15) is 63.8 Å². The minimum Gasteiger partial charge on any atom is -0.445 e. The standard InChI is InChI=1S/C27H36N4O5/c1-27(2,3)36-25(33)29-17-9-14-22(21-13-7-8-16-28-21)30-24(32)23-15-10-18-31(23)26(34)35-19-20-11-5-4-6-12-20/h4-8,11-13,16,22-23H,9-10,14-15,17-19H2,1-3H3,(H,29,33)(H,30,32)/t22-,23+/m1/s1. The fourth-order valence-electron chi connectivity index (χ4n) is 4.01. The number of aromatic nitrogens is 1. The van der Waals surface area contributed by atoms with E-state index in [1.807, 2.05) is 69.3 Å². The number of ether oxygens (including phenoxy) is 2. The zero-order valence-corrected chi connectivity index (χ0v) is 21.2. The molecule has 1 fully saturated rings. The van der Waals surface area contributed by atoms with Crippen LogP contribution < -0.4 is 10.6 Å². The highest BCUT2D eigenvalue weighted by atomic mass is 16.6. The molecule has 0 bridgehead atoms. The van der Waals surface area contributed by atoms with Gasteiger partial charge in [0, 0.05) is 19.3 Å². The number of hydrogen-bond acceptors (Lipinski definition) is 6. The number of amides is 3. The third-order valence-corrected chi connectivity index (χ3v) is 5.69. The van der Waals surface area contributed by atoms with Gasteiger partial charge in [-0.1, -0.05) is 36.4 Å². The van der Waals surface area contributed by atoms with Gasteiger partial charge < -0.3 is 20.1 Å². The molecular formula is C27H36N4O5. The van der Waals surface area contributed by atoms with Gasteiger partial charge in [0.2, 0.25) is 5.91 Å². The molecule has 0 aliphatic carbocycles. The number of rotatable bonds is 9. The van der Waals surface area contributed by atoms with Crippen LogP contribution in [0, 0.1) is 0 Å². The molecule has 9 nitrogen and oxygen atoms in total. The Morgan fingerprint density at radius 3 is 2.56 bits per heavy atom. The van der Waals surface area contributed by atoms with Gasteiger partial charge >= 0.3 is 12.2 Å². The van der Waals surface area contributed by atoms with E-state index in [9.17, 15) is 14.4 Å². The quantitative estimate of drug-likeness (QED) is 0.500. The molecule has 1 saturated heterocycles. The Labute approximate surface area is 212 Å². The van der Waals surface area contributed by atoms with Crippen LogP contribution in [-0.4, -0.2) is 52.7 Å². The smallest absolute Gasteiger partial charge is 0.410 e. The van der Waals surface area contributed by atoms with Gasteiger partial charge in [-0.25, -0.2) is 9.59 Å². The third-order valence-electron chi connectivity index (χ3n) is 5.69. The van der Waals surface area contributed by atoms with Crippen molar-refractivity contribution in [2.75, 3.05) is 13.1 Å². The Bertz CT molecular complexity index is 994. The number of carbonyl (C=O) groups is 3. The van der Waals surface area contributed by atoms with E-state index >= 15 is 0 Å². The lowest BCUT2D eigenvalue weighted by Crippen LogP contribution is -2.47. The number of hydrogen-bond donors (Lipinski definition) is 2. The van der Waals surface area contributed by atoms with Gasteiger partial charge in [-0.05, 0) is 64.2 Å². The van der Waals surface area contributed by atoms with Crippen LogP contribution in [0.3, 0.4) is 0 Å². The molecule has 0 radical (unpaired) electrons. The molecule has 3 rings (SSSR count). The maximum absolute atomic E-state index is 13.2. The summed E-state index contributed by atoms with van der Waals surface area (Å²) in [7, 11) is 0. The van der Waals surface area contributed by atoms with Gasteiger partial charge in [-0.2, -0.15) is 0 Å². The van der Waals surface area contributed by atoms with Gasteiger partial charge in [0.15, 0.2) is 0 Å². The molecular weight excluding hydrogens is 460 g/mol. The predicted molar refractivity (Wildman–Crippen MR) is 135 cm³/mol. The molecule has 1 aromatic carbocycles. The van der Waals surface area contributed by atoms with E-state index in [0.29, 0.717) is 32.4 Å². The normalized spacial score (nSPS) is 16.2. The largest absolute Gasteiger partial charge is 0.445 e. The highest BCUT2D eigenvalue weighted by Gasteiger charge is 2.36. The van der Waals surface area contributed by atoms with Gasteiger partial charge in [-0.15, -0.1) is 0 Å². The molecule has 2 N–H and O–H groups in total. The third kappa shape index (κ3) is 8.55. The number of nitrogens with one attached hydrogen (secondary N) is 2. The van der Waals surface area contributed by atoms with Crippen LogP contribution in [0.25, 0.3) is 0 Å². The summed E-state index contributed by atoms with van der Waals surface area (Å²) in [5.41, 5.74) is 1.05. The molecule has 2 aromatic rings. The number of alkyl carbamates (subject to hydrolysis) is 1. The average Bonchev–Trinajstić information content (AvgIpc) is 3.35. The van der Waals surface area contributed by atoms with E-state index in [1.165, 1.54) is 4.90 Å². The van der Waals surface area contributed by atoms with Gasteiger partial charge in [0.05, 0.1) is 11.7 Å². The first-order valence-corrected chi connectivity index (χ1v) is 12.4. The van der Waals surface area contributed by atoms with Crippen molar-refractivity contribution in [3.8, 4) is 0 Å². The van der Waals surface area contributed by atoms with Crippen LogP contribution >= 0.6 is 0 Å². The Balaban J connectivity index is 1.56. The summed E-state index contributed by atoms with van der Waals surface area (Å²) in [6.07, 6.45) is 3.17. The summed E-state index contributed by atoms with van der Waals surface area (Å²) in [5, 5.41) is 5.81. The highest BCUT2D eigenvalue weighted by molar-refractivity contribution is 5.86. The summed E-state index contributed by atoms with van der Waals surface area (Å²) < 4.78 is 10.7. The minimum atomic E-state index is -0.598. The Morgan fingerprint density at radius 2 is 1.86 bits per heavy atom. The topological polar surface area (TPSA) is 110 Å². The summed E-state index contributed by atoms with van der Waals surface area (Å²) in [5.74, 6) is -0.236. The van der Waals surface area contributed by atoms with E-state index in [0.717, 1.165) is 17.7 Å². The molecule has 0 unspecified atom stereocenters. The zero-order valence-electron chi connectivity index (χ0n) is 21.2. The lowest BCUT2D eigenvalue weighted by atomic mass is 10.1. The number of pyridine rings is 1. The molecule has 194 valence electrons. The Morgan fingerprint density at radius 1 is 1.11 bits per heavy atom. The molecule has 0 saturated carbocycles. The van der Waals surface area contributed by atoms with Crippen molar-refractivity contribution in [2.24, 2.45) is 0 Å². The van der Waals surface area contributed by atoms with Crippen LogP contribution in [0.4, 0.5) is 9.59 Å². The number of likely N-dealkylation sites (tertiary alicyclic amines) is 1. The molecule has 2 heterocycles. The van der Waals surface area contributed by atoms with Crippen molar-refractivity contribution in [2.45, 2.75) is 70.7 Å². The Hall–Kier alpha value is -3.62. The highest BCUT2D eigenvalue weighted by Crippen LogP contribution is 2.22. The minimum absolute atomic E-state index is 0.158. The van der Waals surface area contributed by atoms with Crippen molar-refractivity contribution >= 4 is 18.1 Å². The first-order valence-electron chi connectivity index (χ1n) is 12.4. The Kier molecular flexibility index (Phi) is 9.67. The van der Waals surface area contributed by atoms with Crippen LogP contribution in [0.2, 0.25) is 0 Å². The summed E-state index contributed by atoms with van der Waals surface area (Å²) in [4.78, 5) is 43.8. The molecule has 0 spiro atoms. The second-order valence-electron chi connectivity index (χ2n) is 9.78. The van der Waals surface area contributed by atoms with Crippen LogP contribution in [0.5, 0.6) is 0 Å². The predicted octanol–water partition coefficient (Wildman–Crippen LogP) is 4.35. The summed E-state index contributed by atoms with van der Waals surface area (Å²) >= 11 is 0. The van der Waals surface area contributed by atoms with E-state index in [1.54, 1.807) is 6.20 Å². The molecule has 1 aromatic heterocycles. The van der Waals surface area contributed by atoms with E-state index in [-0.39, 0.29) is 18.6 Å². The fraction of sp³-hybridized carbons (Fsp3) is 0.481. The lowest BCUT2D eigenvalue weighted by molar-refractivity contribution is -0.126. The second kappa shape index (κ2) is 12.9. The van der Waals surface area contributed by atoms with Crippen molar-refractivity contribution in [3.63, 3.8) is 0 Å². The number of carbonyl (C=O) groups excluding carboxylic acids is 3. The maximum atomic E-state index is 13.2. The second-order valence-corrected chi connectivity index (χ2v) is 9.78. The van der Waals surface area contributed by atoms with Crippen molar-refractivity contribution in [1.29, 1.82) is 0 Å². The van der Waals surface area contributed by atoms with Crippen LogP contribution in [0.15, 0.2) is 54.7 Å². The molecule has 2 atom stereocenters. The number of nitrogens with zero attached hydrogens (tertiary/aromatic N) is 2. The zero-order chi connectivity index (χ0) is 26.0. The average molecular weight is 497 g/mol. The van der Waals surface area contributed by atoms with Crippen molar-refractivity contribution in [1.82, 2.24) is 20.5 Å². The number of benzene rings is 1. The molecule has 3 amide bonds. The van der Waals surface area contributed by atoms with Crippen LogP contribution in [-0.2, 0) is 20.9 Å². The molecule has 36 heavy (non-hydrogen) atoms. The first kappa shape index (κ1) is 27.0. The van der Waals surface area contributed by atoms with Crippen molar-refractivity contribution in [3.05, 3.63) is 66.0 Å². The fourth-order valence-corrected chi connectivity index (χ4v) is 4.01. The summed E-state index contributed by atoms with van der Waals surface area (Å²) in [6, 6.07) is 14.0. The first-order chi connectivity index (χ1) is 17.2. The maximum Gasteiger partial charge on any atom is 0.410 e. The van der Waals surface area contributed by atoms with Gasteiger partial charge in [0.25, 0.3) is 0 Å². The van der Waals surface area contributed by atoms with Gasteiger partial charge in [0.1, 0.15) is 18.2 Å². The van der Waals surface area contributed by atoms with E-state index in [4.69, 9.17) is 9.47 Å². The van der Waals surface area contributed by atoms with E-state index in [2.05, 4.69) is 15.6 Å². The molecule has 9 heteroatoms. The van der Waals surface area contributed by atoms with E-state index < -0.39 is 23.8 Å². The molecule has 1 aliphatic heterocycles. The monoisotopic (exact) mass is 496 g/mol. The summed E-state index contributed by atoms with van der Waals surface area (Å²) in [6.45, 7) is 6.45. The van der Waals surface area contributed by atoms with Crippen molar-refractivity contribution < 1.29 is 23.9 Å². The molecule has 1 aliphatic rings. The SMILES string of the molecule is CC(C)(C)OC(=O)NCCC[C@@H](NC(=O)[C@@H]1CCCN1C(=O)OCc1ccccc1)c1ccccn1.